The molecular formula is C29H31N5O2S. The van der Waals surface area contributed by atoms with E-state index < -0.39 is 0 Å². The lowest BCUT2D eigenvalue weighted by molar-refractivity contribution is 0.0976. The first-order valence-corrected chi connectivity index (χ1v) is 13.7. The molecule has 190 valence electrons. The van der Waals surface area contributed by atoms with Crippen molar-refractivity contribution < 1.29 is 9.59 Å². The minimum atomic E-state index is -0.231. The monoisotopic (exact) mass is 513 g/mol. The first-order valence-electron chi connectivity index (χ1n) is 12.9. The van der Waals surface area contributed by atoms with Crippen molar-refractivity contribution in [2.75, 3.05) is 25.0 Å². The van der Waals surface area contributed by atoms with Gasteiger partial charge >= 0.3 is 0 Å². The molecule has 0 bridgehead atoms. The van der Waals surface area contributed by atoms with Crippen LogP contribution >= 0.6 is 11.5 Å². The lowest BCUT2D eigenvalue weighted by Crippen LogP contribution is -2.20. The molecule has 1 aliphatic heterocycles. The van der Waals surface area contributed by atoms with Gasteiger partial charge in [-0.2, -0.15) is 4.37 Å². The molecule has 37 heavy (non-hydrogen) atoms. The molecule has 7 nitrogen and oxygen atoms in total. The highest BCUT2D eigenvalue weighted by Crippen LogP contribution is 2.24. The van der Waals surface area contributed by atoms with E-state index in [0.29, 0.717) is 35.3 Å². The number of nitrogens with zero attached hydrogens (tertiary/aromatic N) is 4. The number of Topliss-reactive ketones (excluding diaryl/α,β-unsaturated/α-hetero) is 1. The van der Waals surface area contributed by atoms with E-state index in [0.717, 1.165) is 41.0 Å². The predicted molar refractivity (Wildman–Crippen MR) is 147 cm³/mol. The maximum absolute atomic E-state index is 13.3. The van der Waals surface area contributed by atoms with Crippen LogP contribution in [0.1, 0.15) is 69.1 Å². The number of ketones is 1. The summed E-state index contributed by atoms with van der Waals surface area (Å²) in [5.41, 5.74) is 4.92. The van der Waals surface area contributed by atoms with Crippen molar-refractivity contribution in [3.05, 3.63) is 82.1 Å². The highest BCUT2D eigenvalue weighted by atomic mass is 32.1. The molecule has 5 rings (SSSR count). The lowest BCUT2D eigenvalue weighted by atomic mass is 10.0. The predicted octanol–water partition coefficient (Wildman–Crippen LogP) is 5.69. The Balaban J connectivity index is 1.22. The van der Waals surface area contributed by atoms with Gasteiger partial charge < -0.3 is 10.2 Å². The number of aryl methyl sites for hydroxylation is 1. The number of nitrogens with one attached hydrogen (secondary N) is 1. The van der Waals surface area contributed by atoms with Crippen LogP contribution in [0.2, 0.25) is 0 Å². The Kier molecular flexibility index (Phi) is 7.96. The number of hydrogen-bond donors (Lipinski definition) is 1. The molecule has 3 heterocycles. The highest BCUT2D eigenvalue weighted by molar-refractivity contribution is 7.06. The van der Waals surface area contributed by atoms with Crippen molar-refractivity contribution in [3.8, 4) is 0 Å². The van der Waals surface area contributed by atoms with Gasteiger partial charge in [0.15, 0.2) is 5.78 Å². The lowest BCUT2D eigenvalue weighted by Gasteiger charge is -2.13. The molecule has 0 saturated carbocycles. The summed E-state index contributed by atoms with van der Waals surface area (Å²) in [5.74, 6) is -0.119. The van der Waals surface area contributed by atoms with Gasteiger partial charge in [0.05, 0.1) is 28.0 Å². The van der Waals surface area contributed by atoms with Crippen molar-refractivity contribution in [1.29, 1.82) is 0 Å². The van der Waals surface area contributed by atoms with Crippen molar-refractivity contribution >= 4 is 39.9 Å². The SMILES string of the molecule is Cc1nsc(Cc2cnc3ccccc3n2)c1C(=O)Nc1cccc(C(=O)CCCCN2CCCC2)c1. The molecule has 0 spiro atoms. The Bertz CT molecular complexity index is 1410. The topological polar surface area (TPSA) is 88.1 Å². The number of fused-ring (bicyclic) bond motifs is 1. The second-order valence-corrected chi connectivity index (χ2v) is 10.4. The zero-order valence-corrected chi connectivity index (χ0v) is 21.9. The molecular weight excluding hydrogens is 482 g/mol. The van der Waals surface area contributed by atoms with E-state index in [2.05, 4.69) is 19.6 Å². The van der Waals surface area contributed by atoms with E-state index in [9.17, 15) is 9.59 Å². The second-order valence-electron chi connectivity index (χ2n) is 9.56. The molecule has 0 radical (unpaired) electrons. The number of amides is 1. The molecule has 1 saturated heterocycles. The van der Waals surface area contributed by atoms with Gasteiger partial charge in [-0.3, -0.25) is 14.6 Å². The number of aromatic nitrogens is 3. The first kappa shape index (κ1) is 25.2. The van der Waals surface area contributed by atoms with Gasteiger partial charge in [0.2, 0.25) is 0 Å². The van der Waals surface area contributed by atoms with Crippen LogP contribution in [-0.4, -0.2) is 50.6 Å². The number of carbonyl (C=O) groups excluding carboxylic acids is 2. The average Bonchev–Trinajstić information content (AvgIpc) is 3.56. The number of unbranched alkanes of at least 4 members (excludes halogenated alkanes) is 1. The number of rotatable bonds is 10. The van der Waals surface area contributed by atoms with Crippen LogP contribution in [0.3, 0.4) is 0 Å². The molecule has 4 aromatic rings. The summed E-state index contributed by atoms with van der Waals surface area (Å²) in [7, 11) is 0. The summed E-state index contributed by atoms with van der Waals surface area (Å²) in [6.07, 6.45) is 7.25. The Morgan fingerprint density at radius 1 is 1.03 bits per heavy atom. The molecule has 1 fully saturated rings. The number of anilines is 1. The van der Waals surface area contributed by atoms with Gasteiger partial charge in [-0.05, 0) is 88.0 Å². The molecule has 0 atom stereocenters. The Morgan fingerprint density at radius 3 is 2.68 bits per heavy atom. The van der Waals surface area contributed by atoms with Crippen molar-refractivity contribution in [3.63, 3.8) is 0 Å². The van der Waals surface area contributed by atoms with E-state index in [1.54, 1.807) is 12.3 Å². The van der Waals surface area contributed by atoms with E-state index in [1.807, 2.05) is 49.4 Å². The van der Waals surface area contributed by atoms with Crippen LogP contribution in [0.25, 0.3) is 11.0 Å². The smallest absolute Gasteiger partial charge is 0.258 e. The standard InChI is InChI=1S/C29H31N5O2S/c1-20-28(27(37-33-20)18-23-19-30-24-11-2-3-12-25(24)31-23)29(36)32-22-10-8-9-21(17-22)26(35)13-4-5-14-34-15-6-7-16-34/h2-3,8-12,17,19H,4-7,13-16,18H2,1H3,(H,32,36). The molecule has 2 aromatic carbocycles. The number of likely N-dealkylation sites (tertiary alicyclic amines) is 1. The number of benzene rings is 2. The highest BCUT2D eigenvalue weighted by Gasteiger charge is 2.20. The third-order valence-electron chi connectivity index (χ3n) is 6.77. The van der Waals surface area contributed by atoms with Crippen molar-refractivity contribution in [2.24, 2.45) is 0 Å². The van der Waals surface area contributed by atoms with Crippen LogP contribution in [0.5, 0.6) is 0 Å². The van der Waals surface area contributed by atoms with Crippen LogP contribution in [-0.2, 0) is 6.42 Å². The summed E-state index contributed by atoms with van der Waals surface area (Å²) >= 11 is 1.31. The molecule has 0 aliphatic carbocycles. The third kappa shape index (κ3) is 6.26. The summed E-state index contributed by atoms with van der Waals surface area (Å²) < 4.78 is 4.43. The maximum Gasteiger partial charge on any atom is 0.258 e. The molecule has 1 amide bonds. The van der Waals surface area contributed by atoms with E-state index >= 15 is 0 Å². The molecule has 1 N–H and O–H groups in total. The van der Waals surface area contributed by atoms with Gasteiger partial charge in [-0.1, -0.05) is 24.3 Å². The average molecular weight is 514 g/mol. The number of carbonyl (C=O) groups is 2. The summed E-state index contributed by atoms with van der Waals surface area (Å²) in [6.45, 7) is 5.28. The van der Waals surface area contributed by atoms with Gasteiger partial charge in [-0.25, -0.2) is 4.98 Å². The maximum atomic E-state index is 13.3. The Morgan fingerprint density at radius 2 is 1.84 bits per heavy atom. The van der Waals surface area contributed by atoms with E-state index in [1.165, 1.54) is 37.5 Å². The van der Waals surface area contributed by atoms with Gasteiger partial charge in [0.1, 0.15) is 0 Å². The minimum absolute atomic E-state index is 0.112. The zero-order chi connectivity index (χ0) is 25.6. The quantitative estimate of drug-likeness (QED) is 0.217. The molecule has 0 unspecified atom stereocenters. The van der Waals surface area contributed by atoms with Crippen LogP contribution in [0.15, 0.2) is 54.7 Å². The Hall–Kier alpha value is -3.49. The van der Waals surface area contributed by atoms with E-state index in [4.69, 9.17) is 4.98 Å². The van der Waals surface area contributed by atoms with Gasteiger partial charge in [0, 0.05) is 35.2 Å². The molecule has 1 aliphatic rings. The fourth-order valence-electron chi connectivity index (χ4n) is 4.81. The normalized spacial score (nSPS) is 13.8. The van der Waals surface area contributed by atoms with E-state index in [-0.39, 0.29) is 11.7 Å². The summed E-state index contributed by atoms with van der Waals surface area (Å²) in [4.78, 5) is 38.5. The second kappa shape index (κ2) is 11.7. The molecule has 2 aromatic heterocycles. The van der Waals surface area contributed by atoms with Crippen LogP contribution in [0, 0.1) is 6.92 Å². The van der Waals surface area contributed by atoms with Crippen LogP contribution < -0.4 is 5.32 Å². The summed E-state index contributed by atoms with van der Waals surface area (Å²) in [6, 6.07) is 14.9. The first-order chi connectivity index (χ1) is 18.1. The third-order valence-corrected chi connectivity index (χ3v) is 7.70. The minimum Gasteiger partial charge on any atom is -0.322 e. The van der Waals surface area contributed by atoms with Crippen molar-refractivity contribution in [1.82, 2.24) is 19.2 Å². The summed E-state index contributed by atoms with van der Waals surface area (Å²) in [5, 5.41) is 2.97. The van der Waals surface area contributed by atoms with Gasteiger partial charge in [0.25, 0.3) is 5.91 Å². The molecule has 8 heteroatoms. The largest absolute Gasteiger partial charge is 0.322 e. The fraction of sp³-hybridized carbons (Fsp3) is 0.345. The Labute approximate surface area is 221 Å². The number of hydrogen-bond acceptors (Lipinski definition) is 7. The van der Waals surface area contributed by atoms with Crippen LogP contribution in [0.4, 0.5) is 5.69 Å². The zero-order valence-electron chi connectivity index (χ0n) is 21.1. The van der Waals surface area contributed by atoms with Crippen molar-refractivity contribution in [2.45, 2.75) is 45.4 Å². The van der Waals surface area contributed by atoms with Gasteiger partial charge in [-0.15, -0.1) is 0 Å². The number of para-hydroxylation sites is 2. The fourth-order valence-corrected chi connectivity index (χ4v) is 5.69.